The van der Waals surface area contributed by atoms with Crippen molar-refractivity contribution in [2.24, 2.45) is 0 Å². The first-order chi connectivity index (χ1) is 8.44. The van der Waals surface area contributed by atoms with Crippen molar-refractivity contribution < 1.29 is 17.9 Å². The maximum atomic E-state index is 11.5. The number of ether oxygens (including phenoxy) is 1. The number of hydrogen-bond donors (Lipinski definition) is 1. The molecule has 0 aliphatic heterocycles. The molecule has 2 N–H and O–H groups in total. The minimum atomic E-state index is -3.10. The maximum absolute atomic E-state index is 11.5. The molecule has 1 aromatic rings. The Bertz CT molecular complexity index is 511. The summed E-state index contributed by atoms with van der Waals surface area (Å²) in [7, 11) is -3.10. The highest BCUT2D eigenvalue weighted by atomic mass is 32.2. The third-order valence-corrected chi connectivity index (χ3v) is 4.16. The standard InChI is InChI=1S/C12H17NO4S/c1-2-18(15,16)8-7-17-12(14)9-10-5-3-4-6-11(10)13/h3-6H,2,7-9,13H2,1H3. The van der Waals surface area contributed by atoms with Crippen LogP contribution >= 0.6 is 0 Å². The molecule has 5 nitrogen and oxygen atoms in total. The Hall–Kier alpha value is -1.56. The van der Waals surface area contributed by atoms with Crippen LogP contribution in [-0.2, 0) is 25.8 Å². The van der Waals surface area contributed by atoms with E-state index in [1.807, 2.05) is 0 Å². The zero-order chi connectivity index (χ0) is 13.6. The van der Waals surface area contributed by atoms with Crippen LogP contribution in [0, 0.1) is 0 Å². The second-order valence-electron chi connectivity index (χ2n) is 3.83. The monoisotopic (exact) mass is 271 g/mol. The summed E-state index contributed by atoms with van der Waals surface area (Å²) in [5.41, 5.74) is 6.89. The van der Waals surface area contributed by atoms with Crippen molar-refractivity contribution in [2.45, 2.75) is 13.3 Å². The first-order valence-electron chi connectivity index (χ1n) is 5.64. The summed E-state index contributed by atoms with van der Waals surface area (Å²) in [6.07, 6.45) is 0.0544. The first-order valence-corrected chi connectivity index (χ1v) is 7.46. The Morgan fingerprint density at radius 3 is 2.61 bits per heavy atom. The normalized spacial score (nSPS) is 11.2. The molecule has 0 aliphatic rings. The topological polar surface area (TPSA) is 86.5 Å². The van der Waals surface area contributed by atoms with Crippen LogP contribution in [0.25, 0.3) is 0 Å². The van der Waals surface area contributed by atoms with Crippen molar-refractivity contribution >= 4 is 21.5 Å². The van der Waals surface area contributed by atoms with Gasteiger partial charge in [-0.3, -0.25) is 4.79 Å². The molecule has 0 radical (unpaired) electrons. The lowest BCUT2D eigenvalue weighted by Crippen LogP contribution is -2.18. The van der Waals surface area contributed by atoms with E-state index in [0.29, 0.717) is 11.3 Å². The zero-order valence-corrected chi connectivity index (χ0v) is 11.1. The number of esters is 1. The number of rotatable bonds is 6. The fourth-order valence-corrected chi connectivity index (χ4v) is 1.95. The number of para-hydroxylation sites is 1. The fourth-order valence-electron chi connectivity index (χ4n) is 1.33. The Balaban J connectivity index is 2.42. The van der Waals surface area contributed by atoms with Crippen molar-refractivity contribution in [3.8, 4) is 0 Å². The predicted octanol–water partition coefficient (Wildman–Crippen LogP) is 0.789. The van der Waals surface area contributed by atoms with E-state index in [0.717, 1.165) is 0 Å². The van der Waals surface area contributed by atoms with E-state index < -0.39 is 15.8 Å². The second-order valence-corrected chi connectivity index (χ2v) is 6.31. The van der Waals surface area contributed by atoms with E-state index in [1.54, 1.807) is 31.2 Å². The summed E-state index contributed by atoms with van der Waals surface area (Å²) in [4.78, 5) is 11.5. The Kier molecular flexibility index (Phi) is 5.15. The van der Waals surface area contributed by atoms with Crippen molar-refractivity contribution in [1.82, 2.24) is 0 Å². The van der Waals surface area contributed by atoms with E-state index in [9.17, 15) is 13.2 Å². The molecule has 0 heterocycles. The van der Waals surface area contributed by atoms with Gasteiger partial charge in [-0.15, -0.1) is 0 Å². The predicted molar refractivity (Wildman–Crippen MR) is 69.8 cm³/mol. The molecule has 0 bridgehead atoms. The third kappa shape index (κ3) is 4.75. The van der Waals surface area contributed by atoms with Crippen LogP contribution in [0.4, 0.5) is 5.69 Å². The summed E-state index contributed by atoms with van der Waals surface area (Å²) in [6.45, 7) is 1.45. The van der Waals surface area contributed by atoms with Crippen molar-refractivity contribution in [2.75, 3.05) is 23.8 Å². The number of hydrogen-bond acceptors (Lipinski definition) is 5. The van der Waals surface area contributed by atoms with Gasteiger partial charge in [0.05, 0.1) is 12.2 Å². The van der Waals surface area contributed by atoms with Gasteiger partial charge in [0.25, 0.3) is 0 Å². The number of nitrogen functional groups attached to an aromatic ring is 1. The number of anilines is 1. The lowest BCUT2D eigenvalue weighted by molar-refractivity contribution is -0.142. The summed E-state index contributed by atoms with van der Waals surface area (Å²) < 4.78 is 27.2. The Morgan fingerprint density at radius 2 is 2.00 bits per heavy atom. The summed E-state index contributed by atoms with van der Waals surface area (Å²) in [5, 5.41) is 0. The smallest absolute Gasteiger partial charge is 0.310 e. The van der Waals surface area contributed by atoms with Gasteiger partial charge in [-0.05, 0) is 11.6 Å². The van der Waals surface area contributed by atoms with Crippen LogP contribution in [-0.4, -0.2) is 32.5 Å². The number of nitrogens with two attached hydrogens (primary N) is 1. The molecule has 0 saturated heterocycles. The molecule has 0 aliphatic carbocycles. The van der Waals surface area contributed by atoms with Crippen molar-refractivity contribution in [3.63, 3.8) is 0 Å². The molecule has 6 heteroatoms. The SMILES string of the molecule is CCS(=O)(=O)CCOC(=O)Cc1ccccc1N. The van der Waals surface area contributed by atoms with Crippen LogP contribution in [0.1, 0.15) is 12.5 Å². The van der Waals surface area contributed by atoms with Crippen molar-refractivity contribution in [3.05, 3.63) is 29.8 Å². The molecule has 0 amide bonds. The quantitative estimate of drug-likeness (QED) is 0.610. The lowest BCUT2D eigenvalue weighted by Gasteiger charge is -2.06. The van der Waals surface area contributed by atoms with Crippen LogP contribution < -0.4 is 5.73 Å². The highest BCUT2D eigenvalue weighted by molar-refractivity contribution is 7.91. The third-order valence-electron chi connectivity index (χ3n) is 2.49. The van der Waals surface area contributed by atoms with Gasteiger partial charge in [-0.1, -0.05) is 25.1 Å². The van der Waals surface area contributed by atoms with Gasteiger partial charge in [0.1, 0.15) is 6.61 Å². The van der Waals surface area contributed by atoms with Gasteiger partial charge in [0, 0.05) is 11.4 Å². The van der Waals surface area contributed by atoms with Gasteiger partial charge >= 0.3 is 5.97 Å². The summed E-state index contributed by atoms with van der Waals surface area (Å²) in [6, 6.07) is 6.99. The highest BCUT2D eigenvalue weighted by Crippen LogP contribution is 2.11. The number of benzene rings is 1. The molecule has 1 aromatic carbocycles. The average molecular weight is 271 g/mol. The fraction of sp³-hybridized carbons (Fsp3) is 0.417. The van der Waals surface area contributed by atoms with Gasteiger partial charge < -0.3 is 10.5 Å². The van der Waals surface area contributed by atoms with E-state index >= 15 is 0 Å². The maximum Gasteiger partial charge on any atom is 0.310 e. The van der Waals surface area contributed by atoms with E-state index in [2.05, 4.69) is 0 Å². The van der Waals surface area contributed by atoms with Gasteiger partial charge in [-0.25, -0.2) is 8.42 Å². The largest absolute Gasteiger partial charge is 0.464 e. The molecular weight excluding hydrogens is 254 g/mol. The molecule has 0 atom stereocenters. The molecule has 0 unspecified atom stereocenters. The number of sulfone groups is 1. The molecule has 18 heavy (non-hydrogen) atoms. The molecule has 0 aromatic heterocycles. The van der Waals surface area contributed by atoms with E-state index in [-0.39, 0.29) is 24.5 Å². The van der Waals surface area contributed by atoms with Gasteiger partial charge in [0.15, 0.2) is 9.84 Å². The molecule has 0 fully saturated rings. The lowest BCUT2D eigenvalue weighted by atomic mass is 10.1. The van der Waals surface area contributed by atoms with Crippen LogP contribution in [0.5, 0.6) is 0 Å². The van der Waals surface area contributed by atoms with Gasteiger partial charge in [0.2, 0.25) is 0 Å². The number of carbonyl (C=O) groups excluding carboxylic acids is 1. The minimum absolute atomic E-state index is 0.0518. The molecule has 0 saturated carbocycles. The van der Waals surface area contributed by atoms with Crippen LogP contribution in [0.3, 0.4) is 0 Å². The summed E-state index contributed by atoms with van der Waals surface area (Å²) in [5.74, 6) is -0.561. The van der Waals surface area contributed by atoms with Gasteiger partial charge in [-0.2, -0.15) is 0 Å². The first kappa shape index (κ1) is 14.5. The Morgan fingerprint density at radius 1 is 1.33 bits per heavy atom. The van der Waals surface area contributed by atoms with E-state index in [1.165, 1.54) is 0 Å². The van der Waals surface area contributed by atoms with Crippen LogP contribution in [0.15, 0.2) is 24.3 Å². The highest BCUT2D eigenvalue weighted by Gasteiger charge is 2.11. The minimum Gasteiger partial charge on any atom is -0.464 e. The van der Waals surface area contributed by atoms with Crippen LogP contribution in [0.2, 0.25) is 0 Å². The molecule has 100 valence electrons. The molecule has 0 spiro atoms. The second kappa shape index (κ2) is 6.39. The zero-order valence-electron chi connectivity index (χ0n) is 10.3. The summed E-state index contributed by atoms with van der Waals surface area (Å²) >= 11 is 0. The molecular formula is C12H17NO4S. The van der Waals surface area contributed by atoms with E-state index in [4.69, 9.17) is 10.5 Å². The average Bonchev–Trinajstić information content (AvgIpc) is 2.32. The number of carbonyl (C=O) groups is 1. The Labute approximate surface area is 107 Å². The molecule has 1 rings (SSSR count). The van der Waals surface area contributed by atoms with Crippen molar-refractivity contribution in [1.29, 1.82) is 0 Å².